The number of methoxy groups -OCH3 is 1. The maximum Gasteiger partial charge on any atom is 0.119 e. The van der Waals surface area contributed by atoms with Crippen LogP contribution in [0.1, 0.15) is 19.4 Å². The van der Waals surface area contributed by atoms with Crippen LogP contribution in [0, 0.1) is 0 Å². The Labute approximate surface area is 90.5 Å². The average molecular weight is 204 g/mol. The van der Waals surface area contributed by atoms with Crippen molar-refractivity contribution in [3.63, 3.8) is 0 Å². The number of hydrogen-bond acceptors (Lipinski definition) is 2. The molecule has 0 aromatic heterocycles. The van der Waals surface area contributed by atoms with Crippen LogP contribution < -0.4 is 4.74 Å². The molecule has 0 bridgehead atoms. The molecule has 1 aromatic rings. The van der Waals surface area contributed by atoms with E-state index < -0.39 is 5.60 Å². The molecular formula is C13H16O2. The van der Waals surface area contributed by atoms with Gasteiger partial charge in [-0.2, -0.15) is 0 Å². The molecule has 2 nitrogen and oxygen atoms in total. The lowest BCUT2D eigenvalue weighted by atomic mass is 9.89. The monoisotopic (exact) mass is 204 g/mol. The van der Waals surface area contributed by atoms with E-state index in [1.165, 1.54) is 0 Å². The highest BCUT2D eigenvalue weighted by atomic mass is 16.5. The van der Waals surface area contributed by atoms with E-state index in [2.05, 4.69) is 12.3 Å². The highest BCUT2D eigenvalue weighted by molar-refractivity contribution is 5.36. The molecule has 0 saturated heterocycles. The molecule has 0 fully saturated rings. The van der Waals surface area contributed by atoms with E-state index in [1.807, 2.05) is 18.2 Å². The van der Waals surface area contributed by atoms with Crippen molar-refractivity contribution in [3.8, 4) is 5.75 Å². The summed E-state index contributed by atoms with van der Waals surface area (Å²) in [5, 5.41) is 10.3. The van der Waals surface area contributed by atoms with Crippen LogP contribution in [0.4, 0.5) is 0 Å². The third-order valence-corrected chi connectivity index (χ3v) is 2.63. The van der Waals surface area contributed by atoms with Gasteiger partial charge in [-0.15, -0.1) is 5.73 Å². The summed E-state index contributed by atoms with van der Waals surface area (Å²) in [6.45, 7) is 7.06. The molecule has 15 heavy (non-hydrogen) atoms. The second-order valence-electron chi connectivity index (χ2n) is 3.61. The number of hydrogen-bond donors (Lipinski definition) is 1. The molecule has 1 unspecified atom stereocenters. The van der Waals surface area contributed by atoms with Gasteiger partial charge < -0.3 is 9.84 Å². The summed E-state index contributed by atoms with van der Waals surface area (Å²) in [6, 6.07) is 7.34. The van der Waals surface area contributed by atoms with Crippen LogP contribution in [0.3, 0.4) is 0 Å². The Kier molecular flexibility index (Phi) is 3.35. The fourth-order valence-corrected chi connectivity index (χ4v) is 1.31. The molecule has 80 valence electrons. The summed E-state index contributed by atoms with van der Waals surface area (Å²) in [6.07, 6.45) is 0. The zero-order valence-electron chi connectivity index (χ0n) is 9.37. The van der Waals surface area contributed by atoms with Crippen LogP contribution in [0.25, 0.3) is 0 Å². The fourth-order valence-electron chi connectivity index (χ4n) is 1.31. The molecule has 0 heterocycles. The van der Waals surface area contributed by atoms with Gasteiger partial charge in [0.15, 0.2) is 0 Å². The topological polar surface area (TPSA) is 29.5 Å². The Morgan fingerprint density at radius 1 is 1.53 bits per heavy atom. The second kappa shape index (κ2) is 4.35. The highest BCUT2D eigenvalue weighted by Gasteiger charge is 2.25. The van der Waals surface area contributed by atoms with Gasteiger partial charge in [-0.3, -0.25) is 0 Å². The first-order chi connectivity index (χ1) is 7.02. The number of aliphatic hydroxyl groups is 1. The molecule has 2 heteroatoms. The Morgan fingerprint density at radius 2 is 2.20 bits per heavy atom. The van der Waals surface area contributed by atoms with Gasteiger partial charge in [0.05, 0.1) is 7.11 Å². The van der Waals surface area contributed by atoms with Gasteiger partial charge in [-0.05, 0) is 31.5 Å². The average Bonchev–Trinajstić information content (AvgIpc) is 2.27. The van der Waals surface area contributed by atoms with Crippen LogP contribution >= 0.6 is 0 Å². The van der Waals surface area contributed by atoms with E-state index >= 15 is 0 Å². The van der Waals surface area contributed by atoms with Crippen LogP contribution in [-0.2, 0) is 5.60 Å². The lowest BCUT2D eigenvalue weighted by Gasteiger charge is -2.23. The molecule has 1 atom stereocenters. The number of benzene rings is 1. The van der Waals surface area contributed by atoms with Gasteiger partial charge in [0.2, 0.25) is 0 Å². The molecule has 0 saturated carbocycles. The van der Waals surface area contributed by atoms with Crippen LogP contribution in [0.5, 0.6) is 5.75 Å². The first-order valence-corrected chi connectivity index (χ1v) is 4.76. The summed E-state index contributed by atoms with van der Waals surface area (Å²) in [5.41, 5.74) is 3.14. The van der Waals surface area contributed by atoms with Gasteiger partial charge in [0.25, 0.3) is 0 Å². The summed E-state index contributed by atoms with van der Waals surface area (Å²) in [5.74, 6) is 0.727. The molecule has 1 rings (SSSR count). The lowest BCUT2D eigenvalue weighted by Crippen LogP contribution is -2.22. The first kappa shape index (κ1) is 11.6. The Morgan fingerprint density at radius 3 is 2.73 bits per heavy atom. The molecule has 0 amide bonds. The second-order valence-corrected chi connectivity index (χ2v) is 3.61. The smallest absolute Gasteiger partial charge is 0.119 e. The standard InChI is InChI=1S/C13H16O2/c1-5-10(2)13(3,14)11-7-6-8-12(9-11)15-4/h6-9,14H,1H2,2-4H3. The Bertz CT molecular complexity index is 399. The highest BCUT2D eigenvalue weighted by Crippen LogP contribution is 2.29. The molecular weight excluding hydrogens is 188 g/mol. The summed E-state index contributed by atoms with van der Waals surface area (Å²) < 4.78 is 5.11. The molecule has 1 N–H and O–H groups in total. The van der Waals surface area contributed by atoms with Crippen molar-refractivity contribution in [2.45, 2.75) is 19.4 Å². The summed E-state index contributed by atoms with van der Waals surface area (Å²) in [4.78, 5) is 0. The van der Waals surface area contributed by atoms with Crippen molar-refractivity contribution < 1.29 is 9.84 Å². The van der Waals surface area contributed by atoms with E-state index in [0.29, 0.717) is 5.57 Å². The maximum absolute atomic E-state index is 10.3. The third-order valence-electron chi connectivity index (χ3n) is 2.63. The Hall–Kier alpha value is -1.50. The zero-order valence-corrected chi connectivity index (χ0v) is 9.37. The van der Waals surface area contributed by atoms with Crippen LogP contribution in [-0.4, -0.2) is 12.2 Å². The minimum atomic E-state index is -1.05. The Balaban J connectivity index is 3.20. The SMILES string of the molecule is C=C=C(C)C(C)(O)c1cccc(OC)c1. The van der Waals surface area contributed by atoms with Crippen molar-refractivity contribution in [3.05, 3.63) is 47.7 Å². The zero-order chi connectivity index (χ0) is 11.5. The van der Waals surface area contributed by atoms with Crippen molar-refractivity contribution in [1.82, 2.24) is 0 Å². The van der Waals surface area contributed by atoms with E-state index in [9.17, 15) is 5.11 Å². The summed E-state index contributed by atoms with van der Waals surface area (Å²) >= 11 is 0. The van der Waals surface area contributed by atoms with E-state index in [0.717, 1.165) is 11.3 Å². The van der Waals surface area contributed by atoms with E-state index in [4.69, 9.17) is 4.74 Å². The molecule has 1 aromatic carbocycles. The molecule has 0 spiro atoms. The van der Waals surface area contributed by atoms with Crippen molar-refractivity contribution in [1.29, 1.82) is 0 Å². The molecule has 0 aliphatic heterocycles. The molecule has 0 aliphatic rings. The molecule has 0 radical (unpaired) electrons. The minimum absolute atomic E-state index is 0.691. The van der Waals surface area contributed by atoms with Gasteiger partial charge in [-0.1, -0.05) is 18.7 Å². The van der Waals surface area contributed by atoms with E-state index in [1.54, 1.807) is 27.0 Å². The van der Waals surface area contributed by atoms with E-state index in [-0.39, 0.29) is 0 Å². The minimum Gasteiger partial charge on any atom is -0.497 e. The third kappa shape index (κ3) is 2.30. The fraction of sp³-hybridized carbons (Fsp3) is 0.308. The molecule has 0 aliphatic carbocycles. The quantitative estimate of drug-likeness (QED) is 0.767. The first-order valence-electron chi connectivity index (χ1n) is 4.76. The van der Waals surface area contributed by atoms with Gasteiger partial charge in [-0.25, -0.2) is 0 Å². The predicted molar refractivity (Wildman–Crippen MR) is 60.9 cm³/mol. The number of ether oxygens (including phenoxy) is 1. The normalized spacial score (nSPS) is 13.9. The maximum atomic E-state index is 10.3. The van der Waals surface area contributed by atoms with Crippen molar-refractivity contribution in [2.75, 3.05) is 7.11 Å². The van der Waals surface area contributed by atoms with Gasteiger partial charge >= 0.3 is 0 Å². The van der Waals surface area contributed by atoms with Crippen LogP contribution in [0.15, 0.2) is 42.1 Å². The number of rotatable bonds is 3. The van der Waals surface area contributed by atoms with Crippen molar-refractivity contribution >= 4 is 0 Å². The predicted octanol–water partition coefficient (Wildman–Crippen LogP) is 2.63. The largest absolute Gasteiger partial charge is 0.497 e. The van der Waals surface area contributed by atoms with Crippen molar-refractivity contribution in [2.24, 2.45) is 0 Å². The summed E-state index contributed by atoms with van der Waals surface area (Å²) in [7, 11) is 1.60. The van der Waals surface area contributed by atoms with Gasteiger partial charge in [0, 0.05) is 5.57 Å². The van der Waals surface area contributed by atoms with Crippen LogP contribution in [0.2, 0.25) is 0 Å². The van der Waals surface area contributed by atoms with Gasteiger partial charge in [0.1, 0.15) is 11.4 Å². The lowest BCUT2D eigenvalue weighted by molar-refractivity contribution is 0.0975.